The summed E-state index contributed by atoms with van der Waals surface area (Å²) in [6.45, 7) is -1.92. The number of hydrogen-bond donors (Lipinski definition) is 4. The lowest BCUT2D eigenvalue weighted by molar-refractivity contribution is -0.232. The van der Waals surface area contributed by atoms with Gasteiger partial charge in [0.25, 0.3) is 0 Å². The molecule has 0 unspecified atom stereocenters. The minimum absolute atomic E-state index is 0.127. The van der Waals surface area contributed by atoms with E-state index in [2.05, 4.69) is 16.9 Å². The van der Waals surface area contributed by atoms with Crippen LogP contribution in [0.1, 0.15) is 39.5 Å². The number of rotatable bonds is 6. The van der Waals surface area contributed by atoms with Gasteiger partial charge in [-0.15, -0.1) is 0 Å². The standard InChI is InChI=1S/C23H26F2O6/c1-11-6-17(31-23(24)25)16(22-21(29)20(28)19(27)18(10-26)30-22)9-15(11)8-12-2-3-13-4-5-14(13)7-12/h2-3,6-7,9,18-23,26-29H,4-5,8,10H2,1H3/t18-,19-,20+,21-,22+/m1/s1. The Labute approximate surface area is 178 Å². The summed E-state index contributed by atoms with van der Waals surface area (Å²) in [5, 5.41) is 40.1. The van der Waals surface area contributed by atoms with Crippen molar-refractivity contribution in [3.05, 3.63) is 63.7 Å². The third kappa shape index (κ3) is 4.31. The van der Waals surface area contributed by atoms with Gasteiger partial charge in [0, 0.05) is 5.56 Å². The molecule has 1 saturated heterocycles. The molecule has 1 aliphatic carbocycles. The Kier molecular flexibility index (Phi) is 6.27. The molecule has 31 heavy (non-hydrogen) atoms. The fraction of sp³-hybridized carbons (Fsp3) is 0.478. The average Bonchev–Trinajstić information content (AvgIpc) is 2.70. The Hall–Kier alpha value is -2.10. The molecule has 4 N–H and O–H groups in total. The molecule has 5 atom stereocenters. The first-order chi connectivity index (χ1) is 14.8. The van der Waals surface area contributed by atoms with Crippen molar-refractivity contribution < 1.29 is 38.7 Å². The van der Waals surface area contributed by atoms with E-state index in [9.17, 15) is 29.2 Å². The highest BCUT2D eigenvalue weighted by Gasteiger charge is 2.45. The van der Waals surface area contributed by atoms with Crippen LogP contribution in [0.4, 0.5) is 8.78 Å². The largest absolute Gasteiger partial charge is 0.434 e. The van der Waals surface area contributed by atoms with E-state index >= 15 is 0 Å². The van der Waals surface area contributed by atoms with E-state index in [0.717, 1.165) is 29.5 Å². The van der Waals surface area contributed by atoms with Gasteiger partial charge in [0.2, 0.25) is 0 Å². The highest BCUT2D eigenvalue weighted by molar-refractivity contribution is 5.47. The van der Waals surface area contributed by atoms with E-state index in [0.29, 0.717) is 6.42 Å². The monoisotopic (exact) mass is 436 g/mol. The highest BCUT2D eigenvalue weighted by Crippen LogP contribution is 2.39. The van der Waals surface area contributed by atoms with Crippen molar-refractivity contribution in [3.63, 3.8) is 0 Å². The first-order valence-electron chi connectivity index (χ1n) is 10.3. The maximum absolute atomic E-state index is 13.1. The second-order valence-electron chi connectivity index (χ2n) is 8.22. The van der Waals surface area contributed by atoms with Gasteiger partial charge < -0.3 is 29.9 Å². The van der Waals surface area contributed by atoms with Crippen LogP contribution in [0.2, 0.25) is 0 Å². The summed E-state index contributed by atoms with van der Waals surface area (Å²) in [7, 11) is 0. The van der Waals surface area contributed by atoms with Gasteiger partial charge in [0.15, 0.2) is 0 Å². The molecule has 0 spiro atoms. The highest BCUT2D eigenvalue weighted by atomic mass is 19.3. The number of benzene rings is 2. The quantitative estimate of drug-likeness (QED) is 0.551. The van der Waals surface area contributed by atoms with Crippen LogP contribution in [0.15, 0.2) is 30.3 Å². The molecule has 1 aliphatic heterocycles. The Balaban J connectivity index is 1.71. The van der Waals surface area contributed by atoms with Crippen LogP contribution >= 0.6 is 0 Å². The molecule has 0 radical (unpaired) electrons. The number of alkyl halides is 2. The van der Waals surface area contributed by atoms with E-state index in [1.165, 1.54) is 17.2 Å². The Morgan fingerprint density at radius 2 is 1.77 bits per heavy atom. The van der Waals surface area contributed by atoms with Gasteiger partial charge >= 0.3 is 6.61 Å². The smallest absolute Gasteiger partial charge is 0.387 e. The molecule has 2 aliphatic rings. The molecular formula is C23H26F2O6. The molecule has 168 valence electrons. The number of aliphatic hydroxyl groups is 4. The topological polar surface area (TPSA) is 99.4 Å². The van der Waals surface area contributed by atoms with Gasteiger partial charge in [-0.25, -0.2) is 0 Å². The van der Waals surface area contributed by atoms with E-state index in [4.69, 9.17) is 4.74 Å². The molecule has 6 nitrogen and oxygen atoms in total. The van der Waals surface area contributed by atoms with E-state index < -0.39 is 43.7 Å². The molecule has 1 heterocycles. The Morgan fingerprint density at radius 1 is 1.03 bits per heavy atom. The van der Waals surface area contributed by atoms with Crippen LogP contribution in [-0.4, -0.2) is 58.1 Å². The van der Waals surface area contributed by atoms with Crippen LogP contribution in [0, 0.1) is 6.92 Å². The van der Waals surface area contributed by atoms with Gasteiger partial charge in [-0.3, -0.25) is 0 Å². The van der Waals surface area contributed by atoms with Crippen LogP contribution < -0.4 is 4.74 Å². The summed E-state index contributed by atoms with van der Waals surface area (Å²) >= 11 is 0. The van der Waals surface area contributed by atoms with Crippen LogP contribution in [-0.2, 0) is 24.0 Å². The molecule has 0 saturated carbocycles. The van der Waals surface area contributed by atoms with Crippen molar-refractivity contribution >= 4 is 0 Å². The molecule has 2 aromatic rings. The summed E-state index contributed by atoms with van der Waals surface area (Å²) in [6, 6.07) is 9.35. The van der Waals surface area contributed by atoms with E-state index in [1.807, 2.05) is 6.07 Å². The SMILES string of the molecule is Cc1cc(OC(F)F)c([C@@H]2O[C@H](CO)[C@@H](O)[C@H](O)[C@H]2O)cc1Cc1ccc2c(c1)CC2. The predicted octanol–water partition coefficient (Wildman–Crippen LogP) is 1.80. The van der Waals surface area contributed by atoms with E-state index in [1.54, 1.807) is 13.0 Å². The third-order valence-corrected chi connectivity index (χ3v) is 6.21. The van der Waals surface area contributed by atoms with Gasteiger partial charge in [0.05, 0.1) is 6.61 Å². The predicted molar refractivity (Wildman–Crippen MR) is 107 cm³/mol. The molecule has 0 bridgehead atoms. The normalized spacial score (nSPS) is 27.7. The number of halogens is 2. The number of ether oxygens (including phenoxy) is 2. The van der Waals surface area contributed by atoms with Crippen molar-refractivity contribution in [2.45, 2.75) is 63.3 Å². The second-order valence-corrected chi connectivity index (χ2v) is 8.22. The summed E-state index contributed by atoms with van der Waals surface area (Å²) < 4.78 is 36.4. The average molecular weight is 436 g/mol. The maximum Gasteiger partial charge on any atom is 0.387 e. The van der Waals surface area contributed by atoms with Gasteiger partial charge in [-0.2, -0.15) is 8.78 Å². The number of aliphatic hydroxyl groups excluding tert-OH is 4. The molecule has 4 rings (SSSR count). The third-order valence-electron chi connectivity index (χ3n) is 6.21. The maximum atomic E-state index is 13.1. The van der Waals surface area contributed by atoms with Gasteiger partial charge in [-0.1, -0.05) is 18.2 Å². The lowest BCUT2D eigenvalue weighted by Gasteiger charge is -2.40. The van der Waals surface area contributed by atoms with Gasteiger partial charge in [-0.05, 0) is 66.1 Å². The molecule has 0 aromatic heterocycles. The number of fused-ring (bicyclic) bond motifs is 1. The zero-order chi connectivity index (χ0) is 22.3. The molecule has 2 aromatic carbocycles. The first kappa shape index (κ1) is 22.1. The van der Waals surface area contributed by atoms with Crippen molar-refractivity contribution in [2.24, 2.45) is 0 Å². The van der Waals surface area contributed by atoms with Gasteiger partial charge in [0.1, 0.15) is 36.3 Å². The van der Waals surface area contributed by atoms with Crippen molar-refractivity contribution in [2.75, 3.05) is 6.61 Å². The summed E-state index contributed by atoms with van der Waals surface area (Å²) in [6.07, 6.45) is -4.50. The number of hydrogen-bond acceptors (Lipinski definition) is 6. The van der Waals surface area contributed by atoms with Crippen LogP contribution in [0.5, 0.6) is 5.75 Å². The minimum Gasteiger partial charge on any atom is -0.434 e. The molecule has 1 fully saturated rings. The Bertz CT molecular complexity index is 948. The second kappa shape index (κ2) is 8.80. The molecule has 0 amide bonds. The minimum atomic E-state index is -3.10. The molecular weight excluding hydrogens is 410 g/mol. The fourth-order valence-electron chi connectivity index (χ4n) is 4.29. The lowest BCUT2D eigenvalue weighted by Crippen LogP contribution is -2.55. The summed E-state index contributed by atoms with van der Waals surface area (Å²) in [5.41, 5.74) is 5.40. The number of aryl methyl sites for hydroxylation is 3. The van der Waals surface area contributed by atoms with Crippen molar-refractivity contribution in [1.29, 1.82) is 0 Å². The van der Waals surface area contributed by atoms with Crippen molar-refractivity contribution in [1.82, 2.24) is 0 Å². The van der Waals surface area contributed by atoms with E-state index in [-0.39, 0.29) is 11.3 Å². The van der Waals surface area contributed by atoms with Crippen LogP contribution in [0.25, 0.3) is 0 Å². The zero-order valence-electron chi connectivity index (χ0n) is 17.0. The van der Waals surface area contributed by atoms with Crippen molar-refractivity contribution in [3.8, 4) is 5.75 Å². The first-order valence-corrected chi connectivity index (χ1v) is 10.3. The lowest BCUT2D eigenvalue weighted by atomic mass is 9.85. The van der Waals surface area contributed by atoms with Crippen LogP contribution in [0.3, 0.4) is 0 Å². The zero-order valence-corrected chi connectivity index (χ0v) is 17.0. The summed E-state index contributed by atoms with van der Waals surface area (Å²) in [5.74, 6) is -0.183. The fourth-order valence-corrected chi connectivity index (χ4v) is 4.29. The molecule has 8 heteroatoms. The Morgan fingerprint density at radius 3 is 2.39 bits per heavy atom. The summed E-state index contributed by atoms with van der Waals surface area (Å²) in [4.78, 5) is 0.